The summed E-state index contributed by atoms with van der Waals surface area (Å²) in [5, 5.41) is 9.58. The fraction of sp³-hybridized carbons (Fsp3) is 0.583. The number of halogens is 1. The molecule has 1 aromatic heterocycles. The van der Waals surface area contributed by atoms with E-state index in [1.165, 1.54) is 5.56 Å². The van der Waals surface area contributed by atoms with Crippen LogP contribution in [0.1, 0.15) is 18.4 Å². The fourth-order valence-electron chi connectivity index (χ4n) is 2.18. The van der Waals surface area contributed by atoms with Crippen molar-refractivity contribution in [2.24, 2.45) is 5.41 Å². The number of ether oxygens (including phenoxy) is 1. The molecule has 0 atom stereocenters. The van der Waals surface area contributed by atoms with Crippen molar-refractivity contribution in [3.8, 4) is 0 Å². The lowest BCUT2D eigenvalue weighted by Crippen LogP contribution is -2.35. The van der Waals surface area contributed by atoms with Gasteiger partial charge in [-0.3, -0.25) is 4.98 Å². The van der Waals surface area contributed by atoms with Gasteiger partial charge in [0.1, 0.15) is 0 Å². The van der Waals surface area contributed by atoms with E-state index in [1.54, 1.807) is 6.20 Å². The third-order valence-electron chi connectivity index (χ3n) is 3.23. The Hall–Kier alpha value is -0.450. The first-order chi connectivity index (χ1) is 7.74. The van der Waals surface area contributed by atoms with Gasteiger partial charge in [0, 0.05) is 42.1 Å². The molecule has 0 radical (unpaired) electrons. The molecular formula is C12H16BrNO2. The Morgan fingerprint density at radius 2 is 2.12 bits per heavy atom. The predicted octanol–water partition coefficient (Wildman–Crippen LogP) is 2.18. The minimum Gasteiger partial charge on any atom is -0.396 e. The van der Waals surface area contributed by atoms with Crippen molar-refractivity contribution in [2.75, 3.05) is 19.8 Å². The van der Waals surface area contributed by atoms with Gasteiger partial charge in [-0.1, -0.05) is 0 Å². The van der Waals surface area contributed by atoms with Crippen LogP contribution < -0.4 is 0 Å². The Morgan fingerprint density at radius 3 is 2.75 bits per heavy atom. The number of aromatic nitrogens is 1. The molecule has 16 heavy (non-hydrogen) atoms. The lowest BCUT2D eigenvalue weighted by molar-refractivity contribution is -0.0158. The highest BCUT2D eigenvalue weighted by Crippen LogP contribution is 2.34. The smallest absolute Gasteiger partial charge is 0.0492 e. The first-order valence-electron chi connectivity index (χ1n) is 5.52. The third kappa shape index (κ3) is 2.81. The van der Waals surface area contributed by atoms with Crippen molar-refractivity contribution >= 4 is 15.9 Å². The van der Waals surface area contributed by atoms with Crippen LogP contribution in [-0.4, -0.2) is 29.9 Å². The van der Waals surface area contributed by atoms with E-state index in [-0.39, 0.29) is 12.0 Å². The van der Waals surface area contributed by atoms with E-state index in [4.69, 9.17) is 4.74 Å². The standard InChI is InChI=1S/C12H16BrNO2/c13-11-5-10(7-14-8-11)6-12(9-15)1-3-16-4-2-12/h5,7-8,15H,1-4,6,9H2. The second-order valence-electron chi connectivity index (χ2n) is 4.46. The van der Waals surface area contributed by atoms with Gasteiger partial charge in [-0.15, -0.1) is 0 Å². The molecule has 1 fully saturated rings. The Bertz CT molecular complexity index is 351. The highest BCUT2D eigenvalue weighted by atomic mass is 79.9. The molecule has 2 rings (SSSR count). The average molecular weight is 286 g/mol. The summed E-state index contributed by atoms with van der Waals surface area (Å²) in [5.74, 6) is 0. The molecule has 0 saturated carbocycles. The summed E-state index contributed by atoms with van der Waals surface area (Å²) in [4.78, 5) is 4.16. The van der Waals surface area contributed by atoms with Gasteiger partial charge < -0.3 is 9.84 Å². The molecule has 1 N–H and O–H groups in total. The minimum atomic E-state index is -0.0132. The van der Waals surface area contributed by atoms with Crippen molar-refractivity contribution in [2.45, 2.75) is 19.3 Å². The van der Waals surface area contributed by atoms with E-state index in [2.05, 4.69) is 27.0 Å². The lowest BCUT2D eigenvalue weighted by Gasteiger charge is -2.35. The van der Waals surface area contributed by atoms with Gasteiger partial charge in [0.2, 0.25) is 0 Å². The first-order valence-corrected chi connectivity index (χ1v) is 6.31. The second-order valence-corrected chi connectivity index (χ2v) is 5.37. The molecule has 0 bridgehead atoms. The van der Waals surface area contributed by atoms with Crippen LogP contribution in [0.15, 0.2) is 22.9 Å². The van der Waals surface area contributed by atoms with Crippen molar-refractivity contribution in [3.63, 3.8) is 0 Å². The molecule has 4 heteroatoms. The van der Waals surface area contributed by atoms with Crippen LogP contribution in [0.3, 0.4) is 0 Å². The SMILES string of the molecule is OCC1(Cc2cncc(Br)c2)CCOCC1. The monoisotopic (exact) mass is 285 g/mol. The summed E-state index contributed by atoms with van der Waals surface area (Å²) >= 11 is 3.42. The maximum atomic E-state index is 9.58. The van der Waals surface area contributed by atoms with Crippen LogP contribution in [0.2, 0.25) is 0 Å². The Kier molecular flexibility index (Phi) is 3.95. The molecule has 0 unspecified atom stereocenters. The van der Waals surface area contributed by atoms with E-state index in [9.17, 15) is 5.11 Å². The number of pyridine rings is 1. The minimum absolute atomic E-state index is 0.0132. The number of hydrogen-bond acceptors (Lipinski definition) is 3. The van der Waals surface area contributed by atoms with Gasteiger partial charge in [0.25, 0.3) is 0 Å². The van der Waals surface area contributed by atoms with E-state index in [0.29, 0.717) is 0 Å². The second kappa shape index (κ2) is 5.25. The normalized spacial score (nSPS) is 19.6. The molecule has 1 aromatic rings. The van der Waals surface area contributed by atoms with E-state index in [0.717, 1.165) is 36.9 Å². The Morgan fingerprint density at radius 1 is 1.38 bits per heavy atom. The van der Waals surface area contributed by atoms with Crippen LogP contribution in [0.4, 0.5) is 0 Å². The maximum Gasteiger partial charge on any atom is 0.0492 e. The van der Waals surface area contributed by atoms with Gasteiger partial charge in [-0.25, -0.2) is 0 Å². The van der Waals surface area contributed by atoms with Crippen molar-refractivity contribution in [1.82, 2.24) is 4.98 Å². The maximum absolute atomic E-state index is 9.58. The lowest BCUT2D eigenvalue weighted by atomic mass is 9.76. The number of aliphatic hydroxyl groups is 1. The number of aliphatic hydroxyl groups excluding tert-OH is 1. The molecule has 2 heterocycles. The Labute approximate surface area is 104 Å². The molecule has 0 aromatic carbocycles. The highest BCUT2D eigenvalue weighted by molar-refractivity contribution is 9.10. The molecular weight excluding hydrogens is 270 g/mol. The molecule has 88 valence electrons. The summed E-state index contributed by atoms with van der Waals surface area (Å²) in [6.07, 6.45) is 6.38. The first kappa shape index (κ1) is 12.0. The zero-order chi connectivity index (χ0) is 11.4. The topological polar surface area (TPSA) is 42.4 Å². The number of rotatable bonds is 3. The number of hydrogen-bond donors (Lipinski definition) is 1. The molecule has 0 amide bonds. The summed E-state index contributed by atoms with van der Waals surface area (Å²) < 4.78 is 6.34. The molecule has 1 saturated heterocycles. The van der Waals surface area contributed by atoms with E-state index >= 15 is 0 Å². The van der Waals surface area contributed by atoms with Crippen LogP contribution in [0.25, 0.3) is 0 Å². The summed E-state index contributed by atoms with van der Waals surface area (Å²) in [6.45, 7) is 1.73. The summed E-state index contributed by atoms with van der Waals surface area (Å²) in [7, 11) is 0. The van der Waals surface area contributed by atoms with Gasteiger partial charge in [-0.2, -0.15) is 0 Å². The van der Waals surface area contributed by atoms with Gasteiger partial charge in [0.05, 0.1) is 0 Å². The van der Waals surface area contributed by atoms with E-state index in [1.807, 2.05) is 6.20 Å². The largest absolute Gasteiger partial charge is 0.396 e. The average Bonchev–Trinajstić information content (AvgIpc) is 2.30. The van der Waals surface area contributed by atoms with Gasteiger partial charge in [-0.05, 0) is 46.8 Å². The summed E-state index contributed by atoms with van der Waals surface area (Å²) in [6, 6.07) is 2.07. The Balaban J connectivity index is 2.11. The number of nitrogens with zero attached hydrogens (tertiary/aromatic N) is 1. The zero-order valence-corrected chi connectivity index (χ0v) is 10.7. The van der Waals surface area contributed by atoms with Crippen LogP contribution in [0, 0.1) is 5.41 Å². The fourth-order valence-corrected chi connectivity index (χ4v) is 2.59. The van der Waals surface area contributed by atoms with Crippen molar-refractivity contribution in [3.05, 3.63) is 28.5 Å². The summed E-state index contributed by atoms with van der Waals surface area (Å²) in [5.41, 5.74) is 1.16. The molecule has 3 nitrogen and oxygen atoms in total. The quantitative estimate of drug-likeness (QED) is 0.926. The highest BCUT2D eigenvalue weighted by Gasteiger charge is 2.32. The zero-order valence-electron chi connectivity index (χ0n) is 9.16. The molecule has 1 aliphatic rings. The van der Waals surface area contributed by atoms with Crippen molar-refractivity contribution in [1.29, 1.82) is 0 Å². The molecule has 0 aliphatic carbocycles. The molecule has 1 aliphatic heterocycles. The van der Waals surface area contributed by atoms with Gasteiger partial charge >= 0.3 is 0 Å². The van der Waals surface area contributed by atoms with Gasteiger partial charge in [0.15, 0.2) is 0 Å². The van der Waals surface area contributed by atoms with Crippen LogP contribution in [-0.2, 0) is 11.2 Å². The predicted molar refractivity (Wildman–Crippen MR) is 65.2 cm³/mol. The molecule has 0 spiro atoms. The third-order valence-corrected chi connectivity index (χ3v) is 3.66. The van der Waals surface area contributed by atoms with Crippen molar-refractivity contribution < 1.29 is 9.84 Å². The van der Waals surface area contributed by atoms with E-state index < -0.39 is 0 Å². The van der Waals surface area contributed by atoms with Crippen LogP contribution in [0.5, 0.6) is 0 Å². The van der Waals surface area contributed by atoms with Crippen LogP contribution >= 0.6 is 15.9 Å².